The van der Waals surface area contributed by atoms with Crippen molar-refractivity contribution in [3.8, 4) is 11.4 Å². The van der Waals surface area contributed by atoms with Crippen LogP contribution in [-0.2, 0) is 12.8 Å². The first kappa shape index (κ1) is 11.1. The van der Waals surface area contributed by atoms with Crippen molar-refractivity contribution >= 4 is 5.69 Å². The highest BCUT2D eigenvalue weighted by Crippen LogP contribution is 2.23. The van der Waals surface area contributed by atoms with Gasteiger partial charge in [0.2, 0.25) is 0 Å². The van der Waals surface area contributed by atoms with Gasteiger partial charge in [0.25, 0.3) is 0 Å². The molecule has 4 nitrogen and oxygen atoms in total. The van der Waals surface area contributed by atoms with Crippen LogP contribution in [0.1, 0.15) is 29.8 Å². The third-order valence-electron chi connectivity index (χ3n) is 3.45. The smallest absolute Gasteiger partial charge is 0.182 e. The van der Waals surface area contributed by atoms with Crippen molar-refractivity contribution in [1.29, 1.82) is 0 Å². The molecule has 3 rings (SSSR count). The number of nitrogens with zero attached hydrogens (tertiary/aromatic N) is 3. The van der Waals surface area contributed by atoms with Gasteiger partial charge in [0.1, 0.15) is 0 Å². The van der Waals surface area contributed by atoms with Gasteiger partial charge in [-0.3, -0.25) is 0 Å². The van der Waals surface area contributed by atoms with Crippen LogP contribution in [0.5, 0.6) is 0 Å². The van der Waals surface area contributed by atoms with Crippen molar-refractivity contribution in [3.05, 3.63) is 35.2 Å². The van der Waals surface area contributed by atoms with Gasteiger partial charge in [-0.15, -0.1) is 5.10 Å². The summed E-state index contributed by atoms with van der Waals surface area (Å²) in [5, 5.41) is 8.51. The monoisotopic (exact) mass is 240 g/mol. The molecule has 0 aliphatic heterocycles. The van der Waals surface area contributed by atoms with E-state index in [1.807, 2.05) is 25.1 Å². The van der Waals surface area contributed by atoms with Gasteiger partial charge >= 0.3 is 0 Å². The lowest BCUT2D eigenvalue weighted by Crippen LogP contribution is -2.10. The van der Waals surface area contributed by atoms with Gasteiger partial charge in [-0.2, -0.15) is 5.10 Å². The van der Waals surface area contributed by atoms with E-state index >= 15 is 0 Å². The zero-order chi connectivity index (χ0) is 12.5. The van der Waals surface area contributed by atoms with Crippen LogP contribution >= 0.6 is 0 Å². The van der Waals surface area contributed by atoms with E-state index in [1.54, 1.807) is 0 Å². The number of nitrogen functional groups attached to an aromatic ring is 1. The predicted octanol–water partition coefficient (Wildman–Crippen LogP) is 2.31. The molecule has 0 saturated heterocycles. The van der Waals surface area contributed by atoms with Gasteiger partial charge in [-0.25, -0.2) is 4.98 Å². The molecule has 0 radical (unpaired) electrons. The van der Waals surface area contributed by atoms with Crippen molar-refractivity contribution in [1.82, 2.24) is 15.2 Å². The Balaban J connectivity index is 2.03. The van der Waals surface area contributed by atoms with Gasteiger partial charge in [-0.05, 0) is 44.2 Å². The molecule has 0 atom stereocenters. The summed E-state index contributed by atoms with van der Waals surface area (Å²) in [6.07, 6.45) is 4.41. The summed E-state index contributed by atoms with van der Waals surface area (Å²) < 4.78 is 0. The van der Waals surface area contributed by atoms with Gasteiger partial charge in [-0.1, -0.05) is 12.1 Å². The zero-order valence-electron chi connectivity index (χ0n) is 10.5. The molecule has 92 valence electrons. The Kier molecular flexibility index (Phi) is 2.70. The molecule has 2 aromatic rings. The minimum absolute atomic E-state index is 0.683. The Morgan fingerprint density at radius 3 is 2.61 bits per heavy atom. The van der Waals surface area contributed by atoms with Gasteiger partial charge in [0, 0.05) is 11.3 Å². The molecule has 0 spiro atoms. The number of benzene rings is 1. The first-order valence-corrected chi connectivity index (χ1v) is 6.33. The topological polar surface area (TPSA) is 64.7 Å². The molecule has 1 aliphatic rings. The van der Waals surface area contributed by atoms with Gasteiger partial charge in [0.05, 0.1) is 11.4 Å². The van der Waals surface area contributed by atoms with Gasteiger partial charge in [0.15, 0.2) is 5.82 Å². The van der Waals surface area contributed by atoms with E-state index in [0.29, 0.717) is 5.82 Å². The van der Waals surface area contributed by atoms with Crippen molar-refractivity contribution in [2.24, 2.45) is 0 Å². The number of anilines is 1. The predicted molar refractivity (Wildman–Crippen MR) is 71.1 cm³/mol. The summed E-state index contributed by atoms with van der Waals surface area (Å²) in [7, 11) is 0. The molecule has 1 aliphatic carbocycles. The fourth-order valence-electron chi connectivity index (χ4n) is 2.26. The molecule has 2 N–H and O–H groups in total. The normalized spacial score (nSPS) is 14.3. The van der Waals surface area contributed by atoms with Crippen LogP contribution < -0.4 is 5.73 Å². The largest absolute Gasteiger partial charge is 0.398 e. The third kappa shape index (κ3) is 1.94. The minimum Gasteiger partial charge on any atom is -0.398 e. The highest BCUT2D eigenvalue weighted by molar-refractivity contribution is 5.63. The lowest BCUT2D eigenvalue weighted by atomic mass is 10.0. The molecular weight excluding hydrogens is 224 g/mol. The van der Waals surface area contributed by atoms with E-state index in [4.69, 9.17) is 5.73 Å². The molecule has 0 bridgehead atoms. The maximum atomic E-state index is 5.92. The molecule has 0 saturated carbocycles. The SMILES string of the molecule is Cc1ccc(-c2nnc3c(n2)CCCC3)cc1N. The Labute approximate surface area is 106 Å². The molecule has 1 aromatic heterocycles. The quantitative estimate of drug-likeness (QED) is 0.777. The fourth-order valence-corrected chi connectivity index (χ4v) is 2.26. The van der Waals surface area contributed by atoms with E-state index in [9.17, 15) is 0 Å². The average molecular weight is 240 g/mol. The minimum atomic E-state index is 0.683. The van der Waals surface area contributed by atoms with Gasteiger partial charge < -0.3 is 5.73 Å². The number of nitrogens with two attached hydrogens (primary N) is 1. The second-order valence-electron chi connectivity index (χ2n) is 4.81. The number of aromatic nitrogens is 3. The van der Waals surface area contributed by atoms with Crippen molar-refractivity contribution in [2.45, 2.75) is 32.6 Å². The van der Waals surface area contributed by atoms with Crippen LogP contribution in [0, 0.1) is 6.92 Å². The molecule has 0 amide bonds. The van der Waals surface area contributed by atoms with Crippen molar-refractivity contribution < 1.29 is 0 Å². The maximum absolute atomic E-state index is 5.92. The first-order valence-electron chi connectivity index (χ1n) is 6.33. The average Bonchev–Trinajstić information content (AvgIpc) is 2.41. The molecular formula is C14H16N4. The number of hydrogen-bond acceptors (Lipinski definition) is 4. The molecule has 0 fully saturated rings. The molecule has 18 heavy (non-hydrogen) atoms. The van der Waals surface area contributed by atoms with Crippen LogP contribution in [0.4, 0.5) is 5.69 Å². The van der Waals surface area contributed by atoms with E-state index in [1.165, 1.54) is 12.8 Å². The number of aryl methyl sites for hydroxylation is 3. The van der Waals surface area contributed by atoms with Crippen molar-refractivity contribution in [3.63, 3.8) is 0 Å². The lowest BCUT2D eigenvalue weighted by Gasteiger charge is -2.13. The lowest BCUT2D eigenvalue weighted by molar-refractivity contribution is 0.634. The summed E-state index contributed by atoms with van der Waals surface area (Å²) >= 11 is 0. The molecule has 1 heterocycles. The number of rotatable bonds is 1. The summed E-state index contributed by atoms with van der Waals surface area (Å²) in [6.45, 7) is 1.99. The van der Waals surface area contributed by atoms with E-state index < -0.39 is 0 Å². The van der Waals surface area contributed by atoms with Crippen LogP contribution in [-0.4, -0.2) is 15.2 Å². The number of fused-ring (bicyclic) bond motifs is 1. The summed E-state index contributed by atoms with van der Waals surface area (Å²) in [4.78, 5) is 4.63. The Bertz CT molecular complexity index is 592. The molecule has 4 heteroatoms. The Hall–Kier alpha value is -1.97. The summed E-state index contributed by atoms with van der Waals surface area (Å²) in [6, 6.07) is 5.91. The Morgan fingerprint density at radius 2 is 1.83 bits per heavy atom. The molecule has 1 aromatic carbocycles. The van der Waals surface area contributed by atoms with E-state index in [-0.39, 0.29) is 0 Å². The maximum Gasteiger partial charge on any atom is 0.182 e. The van der Waals surface area contributed by atoms with E-state index in [2.05, 4.69) is 15.2 Å². The highest BCUT2D eigenvalue weighted by atomic mass is 15.2. The molecule has 0 unspecified atom stereocenters. The first-order chi connectivity index (χ1) is 8.74. The fraction of sp³-hybridized carbons (Fsp3) is 0.357. The summed E-state index contributed by atoms with van der Waals surface area (Å²) in [5.74, 6) is 0.683. The van der Waals surface area contributed by atoms with Crippen LogP contribution in [0.25, 0.3) is 11.4 Å². The van der Waals surface area contributed by atoms with Crippen LogP contribution in [0.15, 0.2) is 18.2 Å². The second kappa shape index (κ2) is 4.37. The second-order valence-corrected chi connectivity index (χ2v) is 4.81. The van der Waals surface area contributed by atoms with Crippen LogP contribution in [0.3, 0.4) is 0 Å². The van der Waals surface area contributed by atoms with E-state index in [0.717, 1.165) is 41.0 Å². The zero-order valence-corrected chi connectivity index (χ0v) is 10.5. The number of hydrogen-bond donors (Lipinski definition) is 1. The van der Waals surface area contributed by atoms with Crippen LogP contribution in [0.2, 0.25) is 0 Å². The Morgan fingerprint density at radius 1 is 1.06 bits per heavy atom. The summed E-state index contributed by atoms with van der Waals surface area (Å²) in [5.41, 5.74) is 10.9. The van der Waals surface area contributed by atoms with Crippen molar-refractivity contribution in [2.75, 3.05) is 5.73 Å². The standard InChI is InChI=1S/C14H16N4/c1-9-6-7-10(8-11(9)15)14-16-12-4-2-3-5-13(12)17-18-14/h6-8H,2-5,15H2,1H3. The highest BCUT2D eigenvalue weighted by Gasteiger charge is 2.14. The third-order valence-corrected chi connectivity index (χ3v) is 3.45.